The topological polar surface area (TPSA) is 95.9 Å². The molecule has 0 fully saturated rings. The predicted molar refractivity (Wildman–Crippen MR) is 119 cm³/mol. The van der Waals surface area contributed by atoms with Crippen molar-refractivity contribution in [1.82, 2.24) is 10.2 Å². The molecule has 2 N–H and O–H groups in total. The van der Waals surface area contributed by atoms with Gasteiger partial charge < -0.3 is 15.2 Å². The number of carbonyl (C=O) groups is 1. The number of β-amino-alcohol motifs (C(OH)–C–C–N with tert-alkyl or cyclic N) is 1. The average molecular weight is 447 g/mol. The summed E-state index contributed by atoms with van der Waals surface area (Å²) in [6.45, 7) is 4.24. The Hall–Kier alpha value is -2.26. The average Bonchev–Trinajstić information content (AvgIpc) is 2.73. The molecule has 168 valence electrons. The number of para-hydroxylation sites is 1. The van der Waals surface area contributed by atoms with Crippen LogP contribution in [0.15, 0.2) is 53.4 Å². The quantitative estimate of drug-likeness (QED) is 0.533. The molecule has 2 aromatic rings. The van der Waals surface area contributed by atoms with Crippen molar-refractivity contribution >= 4 is 16.1 Å². The van der Waals surface area contributed by atoms with Crippen molar-refractivity contribution < 1.29 is 23.1 Å². The molecule has 0 spiro atoms. The minimum Gasteiger partial charge on any atom is -0.477 e. The molecule has 0 aliphatic carbocycles. The van der Waals surface area contributed by atoms with Gasteiger partial charge in [-0.1, -0.05) is 36.4 Å². The first-order valence-corrected chi connectivity index (χ1v) is 12.2. The van der Waals surface area contributed by atoms with Crippen molar-refractivity contribution in [3.05, 3.63) is 59.7 Å². The van der Waals surface area contributed by atoms with E-state index in [2.05, 4.69) is 22.3 Å². The third-order valence-electron chi connectivity index (χ3n) is 5.38. The van der Waals surface area contributed by atoms with Gasteiger partial charge in [0.1, 0.15) is 10.6 Å². The van der Waals surface area contributed by atoms with Crippen LogP contribution >= 0.6 is 0 Å². The summed E-state index contributed by atoms with van der Waals surface area (Å²) in [5.74, 6) is 0.133. The van der Waals surface area contributed by atoms with Gasteiger partial charge in [-0.05, 0) is 36.6 Å². The summed E-state index contributed by atoms with van der Waals surface area (Å²) in [6.07, 6.45) is 2.10. The van der Waals surface area contributed by atoms with Crippen LogP contribution in [0.2, 0.25) is 0 Å². The number of nitrogens with zero attached hydrogens (tertiary/aromatic N) is 1. The zero-order valence-corrected chi connectivity index (χ0v) is 18.8. The Balaban J connectivity index is 1.52. The second-order valence-corrected chi connectivity index (χ2v) is 10.3. The lowest BCUT2D eigenvalue weighted by Gasteiger charge is -2.31. The minimum absolute atomic E-state index is 0.0356. The molecule has 8 heteroatoms. The van der Waals surface area contributed by atoms with Crippen LogP contribution in [-0.2, 0) is 27.6 Å². The van der Waals surface area contributed by atoms with Crippen LogP contribution in [0.4, 0.5) is 0 Å². The Kier molecular flexibility index (Phi) is 7.48. The SMILES string of the molecule is CC(C=O)(CNCC(O)CN1CCc2ccccc2C1)Oc1ccccc1S(C)(=O)=O. The maximum absolute atomic E-state index is 12.0. The van der Waals surface area contributed by atoms with Gasteiger partial charge in [-0.25, -0.2) is 8.42 Å². The van der Waals surface area contributed by atoms with E-state index in [0.29, 0.717) is 19.4 Å². The second-order valence-electron chi connectivity index (χ2n) is 8.29. The standard InChI is InChI=1S/C23H30N2O5S/c1-23(17-26,30-21-9-5-6-10-22(21)31(2,28)29)16-24-13-20(27)15-25-12-11-18-7-3-4-8-19(18)14-25/h3-10,17,20,24,27H,11-16H2,1-2H3. The first-order chi connectivity index (χ1) is 14.7. The zero-order chi connectivity index (χ0) is 22.5. The van der Waals surface area contributed by atoms with Crippen LogP contribution in [0, 0.1) is 0 Å². The lowest BCUT2D eigenvalue weighted by molar-refractivity contribution is -0.120. The van der Waals surface area contributed by atoms with Gasteiger partial charge in [-0.2, -0.15) is 0 Å². The minimum atomic E-state index is -3.49. The molecular weight excluding hydrogens is 416 g/mol. The normalized spacial score (nSPS) is 17.4. The van der Waals surface area contributed by atoms with E-state index >= 15 is 0 Å². The van der Waals surface area contributed by atoms with Gasteiger partial charge in [-0.3, -0.25) is 9.69 Å². The van der Waals surface area contributed by atoms with Crippen molar-refractivity contribution in [2.75, 3.05) is 32.4 Å². The Bertz CT molecular complexity index is 1010. The highest BCUT2D eigenvalue weighted by atomic mass is 32.2. The van der Waals surface area contributed by atoms with Crippen LogP contribution in [0.25, 0.3) is 0 Å². The number of hydrogen-bond donors (Lipinski definition) is 2. The highest BCUT2D eigenvalue weighted by Gasteiger charge is 2.28. The van der Waals surface area contributed by atoms with E-state index in [4.69, 9.17) is 4.74 Å². The summed E-state index contributed by atoms with van der Waals surface area (Å²) in [7, 11) is -3.49. The predicted octanol–water partition coefficient (Wildman–Crippen LogP) is 1.44. The lowest BCUT2D eigenvalue weighted by atomic mass is 10.00. The summed E-state index contributed by atoms with van der Waals surface area (Å²) in [5, 5.41) is 13.5. The van der Waals surface area contributed by atoms with Gasteiger partial charge in [0.25, 0.3) is 0 Å². The summed E-state index contributed by atoms with van der Waals surface area (Å²) in [6, 6.07) is 14.6. The molecule has 0 bridgehead atoms. The molecule has 0 saturated carbocycles. The molecule has 0 radical (unpaired) electrons. The van der Waals surface area contributed by atoms with Gasteiger partial charge in [-0.15, -0.1) is 0 Å². The number of aldehydes is 1. The maximum atomic E-state index is 12.0. The molecule has 0 amide bonds. The monoisotopic (exact) mass is 446 g/mol. The van der Waals surface area contributed by atoms with Crippen molar-refractivity contribution in [3.63, 3.8) is 0 Å². The second kappa shape index (κ2) is 9.91. The number of aliphatic hydroxyl groups excluding tert-OH is 1. The Morgan fingerprint density at radius 3 is 2.58 bits per heavy atom. The maximum Gasteiger partial charge on any atom is 0.179 e. The lowest BCUT2D eigenvalue weighted by Crippen LogP contribution is -2.48. The van der Waals surface area contributed by atoms with E-state index < -0.39 is 21.5 Å². The van der Waals surface area contributed by atoms with E-state index in [-0.39, 0.29) is 17.2 Å². The van der Waals surface area contributed by atoms with E-state index in [1.807, 2.05) is 12.1 Å². The molecule has 31 heavy (non-hydrogen) atoms. The van der Waals surface area contributed by atoms with E-state index in [1.165, 1.54) is 23.3 Å². The highest BCUT2D eigenvalue weighted by molar-refractivity contribution is 7.90. The van der Waals surface area contributed by atoms with Crippen LogP contribution in [0.5, 0.6) is 5.75 Å². The Labute approximate surface area is 184 Å². The molecule has 0 saturated heterocycles. The number of carbonyl (C=O) groups excluding carboxylic acids is 1. The van der Waals surface area contributed by atoms with Crippen LogP contribution < -0.4 is 10.1 Å². The Morgan fingerprint density at radius 1 is 1.19 bits per heavy atom. The van der Waals surface area contributed by atoms with E-state index in [0.717, 1.165) is 25.8 Å². The molecule has 1 aliphatic heterocycles. The molecule has 1 heterocycles. The van der Waals surface area contributed by atoms with Gasteiger partial charge in [0.05, 0.1) is 6.10 Å². The summed E-state index contributed by atoms with van der Waals surface area (Å²) in [4.78, 5) is 14.0. The van der Waals surface area contributed by atoms with E-state index in [1.54, 1.807) is 19.1 Å². The Morgan fingerprint density at radius 2 is 1.87 bits per heavy atom. The molecule has 0 aromatic heterocycles. The number of sulfone groups is 1. The first-order valence-electron chi connectivity index (χ1n) is 10.3. The summed E-state index contributed by atoms with van der Waals surface area (Å²) < 4.78 is 29.7. The van der Waals surface area contributed by atoms with Gasteiger partial charge in [0, 0.05) is 39.0 Å². The van der Waals surface area contributed by atoms with Gasteiger partial charge in [0.2, 0.25) is 0 Å². The summed E-state index contributed by atoms with van der Waals surface area (Å²) in [5.41, 5.74) is 1.38. The first kappa shape index (κ1) is 23.4. The number of hydrogen-bond acceptors (Lipinski definition) is 7. The zero-order valence-electron chi connectivity index (χ0n) is 18.0. The third kappa shape index (κ3) is 6.36. The van der Waals surface area contributed by atoms with Crippen LogP contribution in [0.3, 0.4) is 0 Å². The van der Waals surface area contributed by atoms with Crippen molar-refractivity contribution in [2.24, 2.45) is 0 Å². The van der Waals surface area contributed by atoms with E-state index in [9.17, 15) is 18.3 Å². The number of benzene rings is 2. The van der Waals surface area contributed by atoms with Gasteiger partial charge in [0.15, 0.2) is 21.7 Å². The molecule has 2 unspecified atom stereocenters. The fourth-order valence-electron chi connectivity index (χ4n) is 3.75. The number of aliphatic hydroxyl groups is 1. The molecule has 7 nitrogen and oxygen atoms in total. The highest BCUT2D eigenvalue weighted by Crippen LogP contribution is 2.26. The number of rotatable bonds is 10. The van der Waals surface area contributed by atoms with Gasteiger partial charge >= 0.3 is 0 Å². The fourth-order valence-corrected chi connectivity index (χ4v) is 4.55. The summed E-state index contributed by atoms with van der Waals surface area (Å²) >= 11 is 0. The van der Waals surface area contributed by atoms with Crippen molar-refractivity contribution in [3.8, 4) is 5.75 Å². The molecule has 2 atom stereocenters. The molecule has 2 aromatic carbocycles. The number of fused-ring (bicyclic) bond motifs is 1. The largest absolute Gasteiger partial charge is 0.477 e. The fraction of sp³-hybridized carbons (Fsp3) is 0.435. The van der Waals surface area contributed by atoms with Crippen LogP contribution in [-0.4, -0.2) is 68.9 Å². The molecule has 3 rings (SSSR count). The number of ether oxygens (including phenoxy) is 1. The third-order valence-corrected chi connectivity index (χ3v) is 6.51. The smallest absolute Gasteiger partial charge is 0.179 e. The number of nitrogens with one attached hydrogen (secondary N) is 1. The van der Waals surface area contributed by atoms with Crippen molar-refractivity contribution in [1.29, 1.82) is 0 Å². The van der Waals surface area contributed by atoms with Crippen molar-refractivity contribution in [2.45, 2.75) is 36.5 Å². The molecule has 1 aliphatic rings. The molecular formula is C23H30N2O5S. The van der Waals surface area contributed by atoms with Crippen LogP contribution in [0.1, 0.15) is 18.1 Å².